The van der Waals surface area contributed by atoms with Gasteiger partial charge in [-0.2, -0.15) is 0 Å². The van der Waals surface area contributed by atoms with Crippen molar-refractivity contribution in [2.24, 2.45) is 5.73 Å². The molecule has 0 aliphatic carbocycles. The first-order chi connectivity index (χ1) is 18.9. The van der Waals surface area contributed by atoms with Gasteiger partial charge < -0.3 is 20.3 Å². The molecule has 244 valence electrons. The van der Waals surface area contributed by atoms with Gasteiger partial charge in [0.25, 0.3) is 0 Å². The third-order valence-corrected chi connectivity index (χ3v) is 8.09. The molecular formula is C35H74BrNO3. The van der Waals surface area contributed by atoms with Crippen LogP contribution in [0, 0.1) is 0 Å². The van der Waals surface area contributed by atoms with Crippen LogP contribution in [0.3, 0.4) is 0 Å². The predicted molar refractivity (Wildman–Crippen MR) is 182 cm³/mol. The third kappa shape index (κ3) is 31.3. The molecular weight excluding hydrogens is 562 g/mol. The minimum atomic E-state index is -1.23. The van der Waals surface area contributed by atoms with Crippen molar-refractivity contribution in [3.05, 3.63) is 0 Å². The topological polar surface area (TPSA) is 64.7 Å². The Bertz CT molecular complexity index is 472. The summed E-state index contributed by atoms with van der Waals surface area (Å²) in [6, 6.07) is 0. The Morgan fingerprint density at radius 1 is 0.500 bits per heavy atom. The van der Waals surface area contributed by atoms with E-state index in [1.807, 2.05) is 0 Å². The minimum absolute atomic E-state index is 0. The Morgan fingerprint density at radius 3 is 1.05 bits per heavy atom. The van der Waals surface area contributed by atoms with Gasteiger partial charge in [0, 0.05) is 19.6 Å². The summed E-state index contributed by atoms with van der Waals surface area (Å²) < 4.78 is 12.5. The van der Waals surface area contributed by atoms with Gasteiger partial charge in [-0.15, -0.1) is 17.0 Å². The first-order valence-corrected chi connectivity index (χ1v) is 17.7. The molecule has 0 aliphatic rings. The van der Waals surface area contributed by atoms with E-state index in [4.69, 9.17) is 15.2 Å². The highest BCUT2D eigenvalue weighted by Crippen LogP contribution is 2.20. The van der Waals surface area contributed by atoms with Crippen LogP contribution in [0.25, 0.3) is 0 Å². The van der Waals surface area contributed by atoms with Gasteiger partial charge in [-0.1, -0.05) is 162 Å². The summed E-state index contributed by atoms with van der Waals surface area (Å²) in [4.78, 5) is 0. The Kier molecular flexibility index (Phi) is 34.2. The average molecular weight is 637 g/mol. The number of aliphatic hydroxyl groups is 1. The summed E-state index contributed by atoms with van der Waals surface area (Å²) >= 11 is 0. The van der Waals surface area contributed by atoms with Crippen molar-refractivity contribution in [3.63, 3.8) is 0 Å². The fourth-order valence-corrected chi connectivity index (χ4v) is 5.55. The van der Waals surface area contributed by atoms with Crippen LogP contribution in [0.15, 0.2) is 0 Å². The highest BCUT2D eigenvalue weighted by molar-refractivity contribution is 8.93. The minimum Gasteiger partial charge on any atom is -0.376 e. The van der Waals surface area contributed by atoms with E-state index in [2.05, 4.69) is 20.8 Å². The van der Waals surface area contributed by atoms with E-state index in [9.17, 15) is 5.11 Å². The number of nitrogens with two attached hydrogens (primary N) is 1. The molecule has 0 fully saturated rings. The molecule has 0 radical (unpaired) electrons. The number of hydrogen-bond donors (Lipinski definition) is 2. The van der Waals surface area contributed by atoms with Gasteiger partial charge >= 0.3 is 0 Å². The average Bonchev–Trinajstić information content (AvgIpc) is 2.90. The lowest BCUT2D eigenvalue weighted by Gasteiger charge is -2.31. The lowest BCUT2D eigenvalue weighted by molar-refractivity contribution is -0.106. The Balaban J connectivity index is 0. The number of rotatable bonds is 32. The van der Waals surface area contributed by atoms with Crippen LogP contribution < -0.4 is 5.73 Å². The van der Waals surface area contributed by atoms with Gasteiger partial charge in [0.2, 0.25) is 0 Å². The van der Waals surface area contributed by atoms with E-state index in [-0.39, 0.29) is 29.2 Å². The summed E-state index contributed by atoms with van der Waals surface area (Å²) in [5, 5.41) is 10.3. The van der Waals surface area contributed by atoms with Crippen LogP contribution in [0.5, 0.6) is 0 Å². The summed E-state index contributed by atoms with van der Waals surface area (Å²) in [6.07, 6.45) is 33.5. The van der Waals surface area contributed by atoms with Crippen molar-refractivity contribution in [1.29, 1.82) is 0 Å². The second-order valence-electron chi connectivity index (χ2n) is 12.6. The largest absolute Gasteiger partial charge is 0.376 e. The zero-order valence-corrected chi connectivity index (χ0v) is 29.4. The molecule has 0 aromatic heterocycles. The Hall–Kier alpha value is 0.320. The normalized spacial score (nSPS) is 14.6. The fraction of sp³-hybridized carbons (Fsp3) is 1.00. The first-order valence-electron chi connectivity index (χ1n) is 17.7. The molecule has 0 heterocycles. The molecule has 3 N–H and O–H groups in total. The van der Waals surface area contributed by atoms with Gasteiger partial charge in [-0.05, 0) is 26.2 Å². The van der Waals surface area contributed by atoms with Crippen molar-refractivity contribution >= 4 is 17.0 Å². The molecule has 3 unspecified atom stereocenters. The molecule has 0 rings (SSSR count). The van der Waals surface area contributed by atoms with Crippen LogP contribution >= 0.6 is 17.0 Å². The Labute approximate surface area is 262 Å². The van der Waals surface area contributed by atoms with Crippen LogP contribution in [-0.2, 0) is 9.47 Å². The molecule has 5 heteroatoms. The molecule has 0 amide bonds. The van der Waals surface area contributed by atoms with Crippen molar-refractivity contribution in [3.8, 4) is 0 Å². The van der Waals surface area contributed by atoms with Crippen molar-refractivity contribution < 1.29 is 14.6 Å². The summed E-state index contributed by atoms with van der Waals surface area (Å²) in [5.41, 5.74) is 4.74. The van der Waals surface area contributed by atoms with E-state index in [1.165, 1.54) is 141 Å². The fourth-order valence-electron chi connectivity index (χ4n) is 5.55. The number of ether oxygens (including phenoxy) is 2. The molecule has 0 aromatic carbocycles. The molecule has 0 aliphatic heterocycles. The SMILES string of the molecule is Br.CCCCCCCCCCCCCCOC(CC)C(CC(C)(N)O)OCCCCCCCCCCCCCC. The van der Waals surface area contributed by atoms with Gasteiger partial charge in [0.05, 0.1) is 12.2 Å². The second kappa shape index (κ2) is 32.2. The van der Waals surface area contributed by atoms with Crippen LogP contribution in [0.4, 0.5) is 0 Å². The molecule has 4 nitrogen and oxygen atoms in total. The summed E-state index contributed by atoms with van der Waals surface area (Å²) in [6.45, 7) is 9.90. The van der Waals surface area contributed by atoms with Gasteiger partial charge in [0.15, 0.2) is 0 Å². The molecule has 0 spiro atoms. The maximum Gasteiger partial charge on any atom is 0.113 e. The molecule has 0 saturated heterocycles. The molecule has 0 bridgehead atoms. The van der Waals surface area contributed by atoms with Crippen molar-refractivity contribution in [2.75, 3.05) is 13.2 Å². The second-order valence-corrected chi connectivity index (χ2v) is 12.6. The van der Waals surface area contributed by atoms with Crippen LogP contribution in [0.1, 0.15) is 195 Å². The summed E-state index contributed by atoms with van der Waals surface area (Å²) in [7, 11) is 0. The molecule has 0 aromatic rings. The predicted octanol–water partition coefficient (Wildman–Crippen LogP) is 11.2. The highest BCUT2D eigenvalue weighted by atomic mass is 79.9. The highest BCUT2D eigenvalue weighted by Gasteiger charge is 2.28. The lowest BCUT2D eigenvalue weighted by Crippen LogP contribution is -2.44. The van der Waals surface area contributed by atoms with Crippen LogP contribution in [-0.4, -0.2) is 36.3 Å². The van der Waals surface area contributed by atoms with E-state index in [0.29, 0.717) is 6.42 Å². The van der Waals surface area contributed by atoms with E-state index >= 15 is 0 Å². The molecule has 40 heavy (non-hydrogen) atoms. The Morgan fingerprint density at radius 2 is 0.775 bits per heavy atom. The smallest absolute Gasteiger partial charge is 0.113 e. The standard InChI is InChI=1S/C35H73NO3.BrH/c1-5-8-10-12-14-16-18-20-22-24-26-28-30-38-33(7-3)34(32-35(4,36)37)39-31-29-27-25-23-21-19-17-15-13-11-9-6-2;/h33-34,37H,5-32,36H2,1-4H3;1H. The number of halogens is 1. The van der Waals surface area contributed by atoms with Crippen molar-refractivity contribution in [1.82, 2.24) is 0 Å². The van der Waals surface area contributed by atoms with Gasteiger partial charge in [0.1, 0.15) is 5.72 Å². The van der Waals surface area contributed by atoms with E-state index < -0.39 is 5.72 Å². The van der Waals surface area contributed by atoms with Crippen LogP contribution in [0.2, 0.25) is 0 Å². The number of unbranched alkanes of at least 4 members (excludes halogenated alkanes) is 22. The number of hydrogen-bond acceptors (Lipinski definition) is 4. The quantitative estimate of drug-likeness (QED) is 0.0570. The third-order valence-electron chi connectivity index (χ3n) is 8.09. The molecule has 3 atom stereocenters. The van der Waals surface area contributed by atoms with Gasteiger partial charge in [-0.3, -0.25) is 0 Å². The maximum absolute atomic E-state index is 10.3. The first kappa shape index (κ1) is 42.5. The lowest BCUT2D eigenvalue weighted by atomic mass is 10.0. The van der Waals surface area contributed by atoms with Crippen molar-refractivity contribution in [2.45, 2.75) is 213 Å². The van der Waals surface area contributed by atoms with E-state index in [1.54, 1.807) is 6.92 Å². The summed E-state index contributed by atoms with van der Waals surface area (Å²) in [5.74, 6) is 0. The maximum atomic E-state index is 10.3. The monoisotopic (exact) mass is 635 g/mol. The van der Waals surface area contributed by atoms with E-state index in [0.717, 1.165) is 32.5 Å². The zero-order chi connectivity index (χ0) is 28.9. The molecule has 0 saturated carbocycles. The zero-order valence-electron chi connectivity index (χ0n) is 27.7. The van der Waals surface area contributed by atoms with Gasteiger partial charge in [-0.25, -0.2) is 0 Å².